The third-order valence-corrected chi connectivity index (χ3v) is 4.61. The quantitative estimate of drug-likeness (QED) is 0.878. The predicted octanol–water partition coefficient (Wildman–Crippen LogP) is 3.95. The summed E-state index contributed by atoms with van der Waals surface area (Å²) in [6, 6.07) is 4.16. The fourth-order valence-electron chi connectivity index (χ4n) is 2.31. The Hall–Kier alpha value is -1.03. The number of carboxylic acids is 1. The molecule has 1 N–H and O–H groups in total. The van der Waals surface area contributed by atoms with Crippen LogP contribution in [0.2, 0.25) is 0 Å². The Kier molecular flexibility index (Phi) is 4.64. The highest BCUT2D eigenvalue weighted by Crippen LogP contribution is 2.29. The van der Waals surface area contributed by atoms with Crippen LogP contribution in [0.5, 0.6) is 0 Å². The number of carbonyl (C=O) groups is 1. The predicted molar refractivity (Wildman–Crippen MR) is 71.5 cm³/mol. The first-order chi connectivity index (χ1) is 8.66. The first-order valence-electron chi connectivity index (χ1n) is 6.26. The Bertz CT molecular complexity index is 428. The highest BCUT2D eigenvalue weighted by Gasteiger charge is 2.15. The maximum absolute atomic E-state index is 13.6. The molecule has 0 aromatic heterocycles. The van der Waals surface area contributed by atoms with E-state index in [4.69, 9.17) is 5.11 Å². The molecule has 2 rings (SSSR count). The Morgan fingerprint density at radius 1 is 1.39 bits per heavy atom. The largest absolute Gasteiger partial charge is 0.478 e. The Labute approximate surface area is 111 Å². The molecular formula is C14H17FO2S. The van der Waals surface area contributed by atoms with Crippen LogP contribution in [0, 0.1) is 11.7 Å². The molecule has 1 aromatic rings. The van der Waals surface area contributed by atoms with Crippen molar-refractivity contribution in [1.82, 2.24) is 0 Å². The lowest BCUT2D eigenvalue weighted by atomic mass is 10.1. The summed E-state index contributed by atoms with van der Waals surface area (Å²) in [5.74, 6) is 1.01. The first kappa shape index (κ1) is 13.4. The van der Waals surface area contributed by atoms with Crippen molar-refractivity contribution in [3.8, 4) is 0 Å². The van der Waals surface area contributed by atoms with Gasteiger partial charge in [0.15, 0.2) is 0 Å². The summed E-state index contributed by atoms with van der Waals surface area (Å²) in [6.07, 6.45) is 5.25. The van der Waals surface area contributed by atoms with Crippen LogP contribution in [0.1, 0.15) is 41.6 Å². The van der Waals surface area contributed by atoms with Gasteiger partial charge in [0, 0.05) is 5.75 Å². The highest BCUT2D eigenvalue weighted by atomic mass is 32.2. The van der Waals surface area contributed by atoms with E-state index in [1.807, 2.05) is 0 Å². The van der Waals surface area contributed by atoms with Crippen molar-refractivity contribution in [3.63, 3.8) is 0 Å². The average Bonchev–Trinajstić information content (AvgIpc) is 2.84. The third-order valence-electron chi connectivity index (χ3n) is 3.39. The highest BCUT2D eigenvalue weighted by molar-refractivity contribution is 7.98. The molecule has 0 saturated heterocycles. The molecule has 1 aliphatic carbocycles. The molecule has 0 bridgehead atoms. The van der Waals surface area contributed by atoms with Crippen LogP contribution in [0.25, 0.3) is 0 Å². The number of thioether (sulfide) groups is 1. The summed E-state index contributed by atoms with van der Waals surface area (Å²) in [5.41, 5.74) is 0.611. The van der Waals surface area contributed by atoms with Crippen LogP contribution in [-0.2, 0) is 5.75 Å². The zero-order valence-corrected chi connectivity index (χ0v) is 11.0. The Morgan fingerprint density at radius 2 is 2.11 bits per heavy atom. The molecule has 0 unspecified atom stereocenters. The molecule has 4 heteroatoms. The second kappa shape index (κ2) is 6.23. The van der Waals surface area contributed by atoms with Crippen molar-refractivity contribution in [3.05, 3.63) is 35.1 Å². The number of hydrogen-bond donors (Lipinski definition) is 1. The molecule has 1 aliphatic rings. The second-order valence-electron chi connectivity index (χ2n) is 4.78. The van der Waals surface area contributed by atoms with E-state index in [-0.39, 0.29) is 5.56 Å². The lowest BCUT2D eigenvalue weighted by Crippen LogP contribution is -2.00. The summed E-state index contributed by atoms with van der Waals surface area (Å²) in [5, 5.41) is 8.75. The average molecular weight is 268 g/mol. The zero-order valence-electron chi connectivity index (χ0n) is 10.2. The van der Waals surface area contributed by atoms with Gasteiger partial charge in [-0.3, -0.25) is 0 Å². The van der Waals surface area contributed by atoms with E-state index in [0.717, 1.165) is 17.7 Å². The molecule has 18 heavy (non-hydrogen) atoms. The van der Waals surface area contributed by atoms with E-state index in [1.54, 1.807) is 17.8 Å². The maximum Gasteiger partial charge on any atom is 0.335 e. The van der Waals surface area contributed by atoms with E-state index in [1.165, 1.54) is 31.7 Å². The van der Waals surface area contributed by atoms with E-state index >= 15 is 0 Å². The van der Waals surface area contributed by atoms with Crippen molar-refractivity contribution < 1.29 is 14.3 Å². The van der Waals surface area contributed by atoms with Crippen molar-refractivity contribution in [2.75, 3.05) is 5.75 Å². The van der Waals surface area contributed by atoms with Gasteiger partial charge in [0.2, 0.25) is 0 Å². The van der Waals surface area contributed by atoms with Gasteiger partial charge >= 0.3 is 5.97 Å². The fourth-order valence-corrected chi connectivity index (χ4v) is 3.55. The second-order valence-corrected chi connectivity index (χ2v) is 5.81. The number of hydrogen-bond acceptors (Lipinski definition) is 2. The van der Waals surface area contributed by atoms with Gasteiger partial charge in [0.25, 0.3) is 0 Å². The SMILES string of the molecule is O=C(O)c1ccc(CSCC2CCCC2)c(F)c1. The lowest BCUT2D eigenvalue weighted by Gasteiger charge is -2.09. The zero-order chi connectivity index (χ0) is 13.0. The number of benzene rings is 1. The molecule has 0 aliphatic heterocycles. The minimum absolute atomic E-state index is 0.0112. The molecule has 2 nitrogen and oxygen atoms in total. The molecule has 0 radical (unpaired) electrons. The number of halogens is 1. The summed E-state index contributed by atoms with van der Waals surface area (Å²) in [4.78, 5) is 10.7. The van der Waals surface area contributed by atoms with Gasteiger partial charge in [0.1, 0.15) is 5.82 Å². The summed E-state index contributed by atoms with van der Waals surface area (Å²) in [7, 11) is 0. The van der Waals surface area contributed by atoms with Crippen molar-refractivity contribution >= 4 is 17.7 Å². The number of rotatable bonds is 5. The topological polar surface area (TPSA) is 37.3 Å². The van der Waals surface area contributed by atoms with E-state index in [2.05, 4.69) is 0 Å². The molecule has 0 amide bonds. The van der Waals surface area contributed by atoms with E-state index in [9.17, 15) is 9.18 Å². The van der Waals surface area contributed by atoms with Crippen LogP contribution in [-0.4, -0.2) is 16.8 Å². The third kappa shape index (κ3) is 3.48. The van der Waals surface area contributed by atoms with Gasteiger partial charge in [-0.2, -0.15) is 11.8 Å². The maximum atomic E-state index is 13.6. The van der Waals surface area contributed by atoms with Gasteiger partial charge in [-0.1, -0.05) is 18.9 Å². The van der Waals surface area contributed by atoms with Crippen LogP contribution in [0.3, 0.4) is 0 Å². The van der Waals surface area contributed by atoms with Crippen LogP contribution >= 0.6 is 11.8 Å². The van der Waals surface area contributed by atoms with Gasteiger partial charge in [-0.15, -0.1) is 0 Å². The molecule has 1 aromatic carbocycles. The Balaban J connectivity index is 1.87. The summed E-state index contributed by atoms with van der Waals surface area (Å²) < 4.78 is 13.6. The normalized spacial score (nSPS) is 16.1. The van der Waals surface area contributed by atoms with Crippen LogP contribution < -0.4 is 0 Å². The smallest absolute Gasteiger partial charge is 0.335 e. The van der Waals surface area contributed by atoms with E-state index in [0.29, 0.717) is 11.3 Å². The van der Waals surface area contributed by atoms with Crippen LogP contribution in [0.15, 0.2) is 18.2 Å². The fraction of sp³-hybridized carbons (Fsp3) is 0.500. The molecule has 1 fully saturated rings. The molecule has 0 atom stereocenters. The van der Waals surface area contributed by atoms with Crippen molar-refractivity contribution in [2.45, 2.75) is 31.4 Å². The van der Waals surface area contributed by atoms with Crippen LogP contribution in [0.4, 0.5) is 4.39 Å². The standard InChI is InChI=1S/C14H17FO2S/c15-13-7-11(14(16)17)5-6-12(13)9-18-8-10-3-1-2-4-10/h5-7,10H,1-4,8-9H2,(H,16,17). The summed E-state index contributed by atoms with van der Waals surface area (Å²) in [6.45, 7) is 0. The molecule has 1 saturated carbocycles. The van der Waals surface area contributed by atoms with Crippen molar-refractivity contribution in [2.24, 2.45) is 5.92 Å². The van der Waals surface area contributed by atoms with Gasteiger partial charge < -0.3 is 5.11 Å². The monoisotopic (exact) mass is 268 g/mol. The minimum atomic E-state index is -1.08. The number of aromatic carboxylic acids is 1. The van der Waals surface area contributed by atoms with Gasteiger partial charge in [0.05, 0.1) is 5.56 Å². The minimum Gasteiger partial charge on any atom is -0.478 e. The molecule has 0 heterocycles. The first-order valence-corrected chi connectivity index (χ1v) is 7.42. The molecule has 0 spiro atoms. The van der Waals surface area contributed by atoms with E-state index < -0.39 is 11.8 Å². The van der Waals surface area contributed by atoms with Gasteiger partial charge in [-0.05, 0) is 42.2 Å². The summed E-state index contributed by atoms with van der Waals surface area (Å²) >= 11 is 1.74. The Morgan fingerprint density at radius 3 is 2.72 bits per heavy atom. The molecular weight excluding hydrogens is 251 g/mol. The van der Waals surface area contributed by atoms with Gasteiger partial charge in [-0.25, -0.2) is 9.18 Å². The molecule has 98 valence electrons. The van der Waals surface area contributed by atoms with Crippen molar-refractivity contribution in [1.29, 1.82) is 0 Å². The number of carboxylic acid groups (broad SMARTS) is 1. The lowest BCUT2D eigenvalue weighted by molar-refractivity contribution is 0.0696.